The number of amides is 1. The summed E-state index contributed by atoms with van der Waals surface area (Å²) in [5.74, 6) is 0.0118. The number of nitrogens with one attached hydrogen (secondary N) is 1. The molecule has 2 atom stereocenters. The Morgan fingerprint density at radius 1 is 1.19 bits per heavy atom. The number of carbonyl (C=O) groups excluding carboxylic acids is 1. The molecule has 0 bridgehead atoms. The van der Waals surface area contributed by atoms with E-state index in [9.17, 15) is 4.79 Å². The fraction of sp³-hybridized carbons (Fsp3) is 0.350. The summed E-state index contributed by atoms with van der Waals surface area (Å²) in [7, 11) is 0. The van der Waals surface area contributed by atoms with E-state index in [-0.39, 0.29) is 30.4 Å². The highest BCUT2D eigenvalue weighted by atomic mass is 35.5. The number of nitrogens with two attached hydrogens (primary N) is 1. The number of benzene rings is 2. The highest BCUT2D eigenvalue weighted by molar-refractivity contribution is 6.30. The Kier molecular flexibility index (Phi) is 6.79. The molecule has 140 valence electrons. The fourth-order valence-corrected chi connectivity index (χ4v) is 3.52. The van der Waals surface area contributed by atoms with Crippen molar-refractivity contribution in [3.8, 4) is 0 Å². The van der Waals surface area contributed by atoms with Crippen LogP contribution in [-0.2, 0) is 11.2 Å². The van der Waals surface area contributed by atoms with E-state index in [0.29, 0.717) is 5.02 Å². The minimum absolute atomic E-state index is 0. The van der Waals surface area contributed by atoms with Gasteiger partial charge in [-0.05, 0) is 62.1 Å². The molecule has 3 rings (SSSR count). The van der Waals surface area contributed by atoms with Crippen LogP contribution < -0.4 is 16.0 Å². The maximum atomic E-state index is 12.8. The number of rotatable bonds is 4. The number of hydrogen-bond acceptors (Lipinski definition) is 3. The lowest BCUT2D eigenvalue weighted by Gasteiger charge is -2.36. The lowest BCUT2D eigenvalue weighted by molar-refractivity contribution is -0.122. The summed E-state index contributed by atoms with van der Waals surface area (Å²) in [5, 5.41) is 3.80. The lowest BCUT2D eigenvalue weighted by Crippen LogP contribution is -2.47. The van der Waals surface area contributed by atoms with Crippen LogP contribution in [0, 0.1) is 0 Å². The van der Waals surface area contributed by atoms with Crippen LogP contribution in [0.3, 0.4) is 0 Å². The molecule has 2 aromatic rings. The van der Waals surface area contributed by atoms with E-state index in [1.807, 2.05) is 50.2 Å². The largest absolute Gasteiger partial charge is 0.398 e. The van der Waals surface area contributed by atoms with Crippen molar-refractivity contribution < 1.29 is 4.79 Å². The maximum absolute atomic E-state index is 12.8. The summed E-state index contributed by atoms with van der Waals surface area (Å²) >= 11 is 5.93. The molecule has 0 aliphatic carbocycles. The zero-order valence-corrected chi connectivity index (χ0v) is 16.6. The van der Waals surface area contributed by atoms with Crippen molar-refractivity contribution in [1.82, 2.24) is 5.32 Å². The van der Waals surface area contributed by atoms with Crippen LogP contribution >= 0.6 is 24.0 Å². The van der Waals surface area contributed by atoms with Gasteiger partial charge in [-0.15, -0.1) is 12.4 Å². The average Bonchev–Trinajstić information content (AvgIpc) is 2.61. The third-order valence-corrected chi connectivity index (χ3v) is 5.15. The third-order valence-electron chi connectivity index (χ3n) is 4.90. The van der Waals surface area contributed by atoms with Crippen LogP contribution in [-0.4, -0.2) is 18.5 Å². The van der Waals surface area contributed by atoms with E-state index < -0.39 is 0 Å². The standard InChI is InChI=1S/C20H24ClN3O.ClH/c1-13(15-8-10-16(21)11-9-15)23-20(25)14(2)24-12-4-5-17-18(22)6-3-7-19(17)24;/h3,6-11,13-14H,4-5,12,22H2,1-2H3,(H,23,25);1H. The van der Waals surface area contributed by atoms with E-state index in [1.54, 1.807) is 0 Å². The van der Waals surface area contributed by atoms with Gasteiger partial charge in [-0.2, -0.15) is 0 Å². The first-order valence-electron chi connectivity index (χ1n) is 8.67. The molecule has 2 aromatic carbocycles. The van der Waals surface area contributed by atoms with E-state index in [2.05, 4.69) is 16.3 Å². The molecule has 1 aliphatic heterocycles. The number of halogens is 2. The van der Waals surface area contributed by atoms with Crippen molar-refractivity contribution >= 4 is 41.3 Å². The Bertz CT molecular complexity index is 764. The lowest BCUT2D eigenvalue weighted by atomic mass is 9.98. The van der Waals surface area contributed by atoms with Crippen molar-refractivity contribution in [2.24, 2.45) is 0 Å². The van der Waals surface area contributed by atoms with Gasteiger partial charge in [-0.3, -0.25) is 4.79 Å². The van der Waals surface area contributed by atoms with E-state index in [1.165, 1.54) is 0 Å². The zero-order chi connectivity index (χ0) is 18.0. The fourth-order valence-electron chi connectivity index (χ4n) is 3.39. The number of fused-ring (bicyclic) bond motifs is 1. The smallest absolute Gasteiger partial charge is 0.242 e. The number of carbonyl (C=O) groups is 1. The predicted octanol–water partition coefficient (Wildman–Crippen LogP) is 4.36. The van der Waals surface area contributed by atoms with Gasteiger partial charge >= 0.3 is 0 Å². The Balaban J connectivity index is 0.00000243. The number of nitrogens with zero attached hydrogens (tertiary/aromatic N) is 1. The molecule has 0 fully saturated rings. The van der Waals surface area contributed by atoms with Crippen LogP contribution in [0.5, 0.6) is 0 Å². The summed E-state index contributed by atoms with van der Waals surface area (Å²) < 4.78 is 0. The molecule has 1 aliphatic rings. The van der Waals surface area contributed by atoms with Crippen molar-refractivity contribution in [1.29, 1.82) is 0 Å². The van der Waals surface area contributed by atoms with Crippen LogP contribution in [0.1, 0.15) is 37.4 Å². The van der Waals surface area contributed by atoms with Crippen LogP contribution in [0.4, 0.5) is 11.4 Å². The van der Waals surface area contributed by atoms with Gasteiger partial charge in [0.2, 0.25) is 5.91 Å². The highest BCUT2D eigenvalue weighted by Gasteiger charge is 2.27. The number of anilines is 2. The molecule has 3 N–H and O–H groups in total. The molecule has 2 unspecified atom stereocenters. The first-order chi connectivity index (χ1) is 12.0. The molecule has 0 saturated heterocycles. The molecule has 0 spiro atoms. The Morgan fingerprint density at radius 2 is 1.88 bits per heavy atom. The molecule has 0 radical (unpaired) electrons. The Hall–Kier alpha value is -1.91. The van der Waals surface area contributed by atoms with Gasteiger partial charge in [0.25, 0.3) is 0 Å². The van der Waals surface area contributed by atoms with Crippen LogP contribution in [0.25, 0.3) is 0 Å². The Labute approximate surface area is 166 Å². The summed E-state index contributed by atoms with van der Waals surface area (Å²) in [6.45, 7) is 4.79. The van der Waals surface area contributed by atoms with Crippen LogP contribution in [0.15, 0.2) is 42.5 Å². The van der Waals surface area contributed by atoms with Gasteiger partial charge in [0.15, 0.2) is 0 Å². The number of hydrogen-bond donors (Lipinski definition) is 2. The van der Waals surface area contributed by atoms with Crippen molar-refractivity contribution in [3.05, 3.63) is 58.6 Å². The molecular formula is C20H25Cl2N3O. The summed E-state index contributed by atoms with van der Waals surface area (Å²) in [5.41, 5.74) is 10.2. The molecule has 1 amide bonds. The monoisotopic (exact) mass is 393 g/mol. The molecule has 0 saturated carbocycles. The first-order valence-corrected chi connectivity index (χ1v) is 9.05. The van der Waals surface area contributed by atoms with Gasteiger partial charge < -0.3 is 16.0 Å². The normalized spacial score (nSPS) is 15.4. The molecular weight excluding hydrogens is 369 g/mol. The second-order valence-corrected chi connectivity index (χ2v) is 7.04. The van der Waals surface area contributed by atoms with Gasteiger partial charge in [-0.1, -0.05) is 29.8 Å². The summed E-state index contributed by atoms with van der Waals surface area (Å²) in [6.07, 6.45) is 1.97. The van der Waals surface area contributed by atoms with E-state index in [0.717, 1.165) is 41.9 Å². The van der Waals surface area contributed by atoms with Gasteiger partial charge in [0.05, 0.1) is 6.04 Å². The van der Waals surface area contributed by atoms with Gasteiger partial charge in [-0.25, -0.2) is 0 Å². The minimum atomic E-state index is -0.254. The summed E-state index contributed by atoms with van der Waals surface area (Å²) in [6, 6.07) is 13.2. The van der Waals surface area contributed by atoms with E-state index in [4.69, 9.17) is 17.3 Å². The third kappa shape index (κ3) is 4.25. The predicted molar refractivity (Wildman–Crippen MR) is 111 cm³/mol. The SMILES string of the molecule is CC(NC(=O)C(C)N1CCCc2c(N)cccc21)c1ccc(Cl)cc1.Cl. The van der Waals surface area contributed by atoms with E-state index >= 15 is 0 Å². The van der Waals surface area contributed by atoms with Gasteiger partial charge in [0.1, 0.15) is 6.04 Å². The second-order valence-electron chi connectivity index (χ2n) is 6.60. The van der Waals surface area contributed by atoms with Crippen molar-refractivity contribution in [3.63, 3.8) is 0 Å². The zero-order valence-electron chi connectivity index (χ0n) is 15.0. The molecule has 1 heterocycles. The highest BCUT2D eigenvalue weighted by Crippen LogP contribution is 2.32. The van der Waals surface area contributed by atoms with Gasteiger partial charge in [0, 0.05) is 22.9 Å². The summed E-state index contributed by atoms with van der Waals surface area (Å²) in [4.78, 5) is 14.9. The quantitative estimate of drug-likeness (QED) is 0.758. The second kappa shape index (κ2) is 8.65. The molecule has 0 aromatic heterocycles. The molecule has 26 heavy (non-hydrogen) atoms. The Morgan fingerprint density at radius 3 is 2.58 bits per heavy atom. The maximum Gasteiger partial charge on any atom is 0.242 e. The van der Waals surface area contributed by atoms with Crippen LogP contribution in [0.2, 0.25) is 5.02 Å². The molecule has 6 heteroatoms. The van der Waals surface area contributed by atoms with Crippen molar-refractivity contribution in [2.45, 2.75) is 38.8 Å². The van der Waals surface area contributed by atoms with Crippen molar-refractivity contribution in [2.75, 3.05) is 17.2 Å². The number of nitrogen functional groups attached to an aromatic ring is 1. The molecule has 4 nitrogen and oxygen atoms in total. The minimum Gasteiger partial charge on any atom is -0.398 e. The topological polar surface area (TPSA) is 58.4 Å². The first kappa shape index (κ1) is 20.4. The average molecular weight is 394 g/mol.